The van der Waals surface area contributed by atoms with E-state index in [0.717, 1.165) is 17.2 Å². The average Bonchev–Trinajstić information content (AvgIpc) is 2.48. The van der Waals surface area contributed by atoms with Crippen molar-refractivity contribution >= 4 is 17.3 Å². The molecule has 0 spiro atoms. The van der Waals surface area contributed by atoms with E-state index in [1.165, 1.54) is 31.3 Å². The number of benzene rings is 1. The second kappa shape index (κ2) is 5.61. The second-order valence-electron chi connectivity index (χ2n) is 4.10. The summed E-state index contributed by atoms with van der Waals surface area (Å²) < 4.78 is 26.5. The van der Waals surface area contributed by atoms with Crippen molar-refractivity contribution in [3.63, 3.8) is 0 Å². The van der Waals surface area contributed by atoms with Gasteiger partial charge in [0.25, 0.3) is 11.6 Å². The van der Waals surface area contributed by atoms with E-state index in [2.05, 4.69) is 4.98 Å². The minimum Gasteiger partial charge on any atom is -0.311 e. The first-order valence-electron chi connectivity index (χ1n) is 5.74. The zero-order valence-electron chi connectivity index (χ0n) is 10.8. The number of nitrogens with zero attached hydrogens (tertiary/aromatic N) is 3. The predicted octanol–water partition coefficient (Wildman–Crippen LogP) is 2.54. The summed E-state index contributed by atoms with van der Waals surface area (Å²) in [6, 6.07) is 6.16. The molecule has 0 saturated carbocycles. The van der Waals surface area contributed by atoms with Crippen molar-refractivity contribution in [2.45, 2.75) is 0 Å². The predicted molar refractivity (Wildman–Crippen MR) is 70.0 cm³/mol. The molecule has 0 aliphatic carbocycles. The van der Waals surface area contributed by atoms with Crippen molar-refractivity contribution in [2.75, 3.05) is 11.9 Å². The maximum atomic E-state index is 13.5. The fourth-order valence-electron chi connectivity index (χ4n) is 1.68. The van der Waals surface area contributed by atoms with Crippen LogP contribution in [0.3, 0.4) is 0 Å². The fraction of sp³-hybridized carbons (Fsp3) is 0.0769. The van der Waals surface area contributed by atoms with Gasteiger partial charge in [-0.05, 0) is 18.2 Å². The highest BCUT2D eigenvalue weighted by Crippen LogP contribution is 2.21. The number of anilines is 1. The van der Waals surface area contributed by atoms with Crippen LogP contribution in [0.15, 0.2) is 36.5 Å². The molecule has 0 bridgehead atoms. The SMILES string of the molecule is CN(C(=O)c1ccnc(F)c1F)c1ccc([N+](=O)[O-])cc1. The van der Waals surface area contributed by atoms with Gasteiger partial charge in [-0.25, -0.2) is 9.37 Å². The molecule has 1 heterocycles. The minimum atomic E-state index is -1.36. The molecule has 0 N–H and O–H groups in total. The van der Waals surface area contributed by atoms with Crippen molar-refractivity contribution < 1.29 is 18.5 Å². The molecule has 1 aromatic carbocycles. The second-order valence-corrected chi connectivity index (χ2v) is 4.10. The Hall–Kier alpha value is -2.90. The van der Waals surface area contributed by atoms with Gasteiger partial charge in [-0.1, -0.05) is 0 Å². The summed E-state index contributed by atoms with van der Waals surface area (Å²) in [6.07, 6.45) is 0.981. The van der Waals surface area contributed by atoms with Gasteiger partial charge >= 0.3 is 0 Å². The molecular weight excluding hydrogens is 284 g/mol. The van der Waals surface area contributed by atoms with Crippen LogP contribution in [-0.2, 0) is 0 Å². The summed E-state index contributed by atoms with van der Waals surface area (Å²) in [5.41, 5.74) is -0.300. The van der Waals surface area contributed by atoms with Crippen LogP contribution >= 0.6 is 0 Å². The number of pyridine rings is 1. The number of non-ortho nitro benzene ring substituents is 1. The van der Waals surface area contributed by atoms with E-state index in [1.54, 1.807) is 0 Å². The topological polar surface area (TPSA) is 76.3 Å². The van der Waals surface area contributed by atoms with Crippen molar-refractivity contribution in [3.05, 3.63) is 64.0 Å². The molecule has 6 nitrogen and oxygen atoms in total. The molecule has 0 radical (unpaired) electrons. The van der Waals surface area contributed by atoms with Crippen LogP contribution in [0.1, 0.15) is 10.4 Å². The summed E-state index contributed by atoms with van der Waals surface area (Å²) in [6.45, 7) is 0. The molecule has 2 aromatic rings. The monoisotopic (exact) mass is 293 g/mol. The van der Waals surface area contributed by atoms with E-state index < -0.39 is 28.2 Å². The van der Waals surface area contributed by atoms with Crippen molar-refractivity contribution in [1.29, 1.82) is 0 Å². The summed E-state index contributed by atoms with van der Waals surface area (Å²) in [7, 11) is 1.35. The smallest absolute Gasteiger partial charge is 0.269 e. The van der Waals surface area contributed by atoms with E-state index in [1.807, 2.05) is 0 Å². The van der Waals surface area contributed by atoms with E-state index in [-0.39, 0.29) is 5.69 Å². The molecule has 108 valence electrons. The van der Waals surface area contributed by atoms with Gasteiger partial charge in [-0.15, -0.1) is 0 Å². The number of amides is 1. The van der Waals surface area contributed by atoms with E-state index in [0.29, 0.717) is 5.69 Å². The van der Waals surface area contributed by atoms with Gasteiger partial charge in [-0.3, -0.25) is 14.9 Å². The number of hydrogen-bond donors (Lipinski definition) is 0. The Labute approximate surface area is 117 Å². The maximum absolute atomic E-state index is 13.5. The summed E-state index contributed by atoms with van der Waals surface area (Å²) >= 11 is 0. The Kier molecular flexibility index (Phi) is 3.88. The summed E-state index contributed by atoms with van der Waals surface area (Å²) in [4.78, 5) is 26.2. The first-order chi connectivity index (χ1) is 9.91. The molecule has 0 atom stereocenters. The van der Waals surface area contributed by atoms with Gasteiger partial charge in [0.15, 0.2) is 5.82 Å². The Morgan fingerprint density at radius 3 is 2.43 bits per heavy atom. The van der Waals surface area contributed by atoms with Gasteiger partial charge in [0.1, 0.15) is 0 Å². The summed E-state index contributed by atoms with van der Waals surface area (Å²) in [5, 5.41) is 10.5. The maximum Gasteiger partial charge on any atom is 0.269 e. The lowest BCUT2D eigenvalue weighted by molar-refractivity contribution is -0.384. The molecule has 0 aliphatic heterocycles. The van der Waals surface area contributed by atoms with Gasteiger partial charge in [-0.2, -0.15) is 4.39 Å². The number of aromatic nitrogens is 1. The first-order valence-corrected chi connectivity index (χ1v) is 5.74. The quantitative estimate of drug-likeness (QED) is 0.495. The van der Waals surface area contributed by atoms with E-state index >= 15 is 0 Å². The Bertz CT molecular complexity index is 704. The van der Waals surface area contributed by atoms with Crippen LogP contribution in [0.4, 0.5) is 20.2 Å². The number of rotatable bonds is 3. The number of carbonyl (C=O) groups excluding carboxylic acids is 1. The minimum absolute atomic E-state index is 0.138. The van der Waals surface area contributed by atoms with Crippen molar-refractivity contribution in [2.24, 2.45) is 0 Å². The molecule has 0 fully saturated rings. The molecule has 8 heteroatoms. The average molecular weight is 293 g/mol. The standard InChI is InChI=1S/C13H9F2N3O3/c1-17(8-2-4-9(5-3-8)18(20)21)13(19)10-6-7-16-12(15)11(10)14/h2-7H,1H3. The molecule has 1 aromatic heterocycles. The van der Waals surface area contributed by atoms with Crippen LogP contribution in [0.5, 0.6) is 0 Å². The normalized spacial score (nSPS) is 10.2. The zero-order valence-corrected chi connectivity index (χ0v) is 10.8. The molecule has 1 amide bonds. The van der Waals surface area contributed by atoms with Gasteiger partial charge < -0.3 is 4.90 Å². The number of carbonyl (C=O) groups is 1. The highest BCUT2D eigenvalue weighted by molar-refractivity contribution is 6.05. The van der Waals surface area contributed by atoms with Crippen molar-refractivity contribution in [3.8, 4) is 0 Å². The Balaban J connectivity index is 2.30. The third-order valence-electron chi connectivity index (χ3n) is 2.83. The number of nitro groups is 1. The Morgan fingerprint density at radius 1 is 1.24 bits per heavy atom. The van der Waals surface area contributed by atoms with Crippen LogP contribution in [0.2, 0.25) is 0 Å². The highest BCUT2D eigenvalue weighted by Gasteiger charge is 2.20. The molecule has 21 heavy (non-hydrogen) atoms. The molecular formula is C13H9F2N3O3. The van der Waals surface area contributed by atoms with Gasteiger partial charge in [0.05, 0.1) is 10.5 Å². The Morgan fingerprint density at radius 2 is 1.86 bits per heavy atom. The zero-order chi connectivity index (χ0) is 15.6. The number of nitro benzene ring substituents is 1. The molecule has 2 rings (SSSR count). The lowest BCUT2D eigenvalue weighted by atomic mass is 10.2. The van der Waals surface area contributed by atoms with Crippen LogP contribution in [0.25, 0.3) is 0 Å². The molecule has 0 unspecified atom stereocenters. The van der Waals surface area contributed by atoms with E-state index in [4.69, 9.17) is 0 Å². The third kappa shape index (κ3) is 2.83. The fourth-order valence-corrected chi connectivity index (χ4v) is 1.68. The number of hydrogen-bond acceptors (Lipinski definition) is 4. The summed E-state index contributed by atoms with van der Waals surface area (Å²) in [5.74, 6) is -3.49. The lowest BCUT2D eigenvalue weighted by Gasteiger charge is -2.17. The number of halogens is 2. The van der Waals surface area contributed by atoms with Gasteiger partial charge in [0.2, 0.25) is 5.95 Å². The van der Waals surface area contributed by atoms with Crippen molar-refractivity contribution in [1.82, 2.24) is 4.98 Å². The highest BCUT2D eigenvalue weighted by atomic mass is 19.2. The lowest BCUT2D eigenvalue weighted by Crippen LogP contribution is -2.27. The van der Waals surface area contributed by atoms with Crippen LogP contribution in [-0.4, -0.2) is 22.9 Å². The van der Waals surface area contributed by atoms with Gasteiger partial charge in [0, 0.05) is 31.1 Å². The first kappa shape index (κ1) is 14.5. The van der Waals surface area contributed by atoms with E-state index in [9.17, 15) is 23.7 Å². The molecule has 0 aliphatic rings. The van der Waals surface area contributed by atoms with Crippen LogP contribution < -0.4 is 4.90 Å². The third-order valence-corrected chi connectivity index (χ3v) is 2.83. The largest absolute Gasteiger partial charge is 0.311 e. The molecule has 0 saturated heterocycles. The van der Waals surface area contributed by atoms with Crippen LogP contribution in [0, 0.1) is 21.9 Å².